The Labute approximate surface area is 83.5 Å². The second kappa shape index (κ2) is 4.36. The van der Waals surface area contributed by atoms with Gasteiger partial charge in [0.25, 0.3) is 0 Å². The van der Waals surface area contributed by atoms with Crippen molar-refractivity contribution in [3.8, 4) is 0 Å². The molecule has 0 spiro atoms. The molecule has 6 heteroatoms. The van der Waals surface area contributed by atoms with E-state index in [1.807, 2.05) is 6.92 Å². The average Bonchev–Trinajstić information content (AvgIpc) is 2.06. The second-order valence-electron chi connectivity index (χ2n) is 3.05. The zero-order valence-corrected chi connectivity index (χ0v) is 9.00. The summed E-state index contributed by atoms with van der Waals surface area (Å²) in [6.07, 6.45) is 4.37. The van der Waals surface area contributed by atoms with Gasteiger partial charge in [0.05, 0.1) is 11.4 Å². The molecule has 1 heterocycles. The summed E-state index contributed by atoms with van der Waals surface area (Å²) in [5.74, 6) is 0.736. The number of sulfone groups is 1. The lowest BCUT2D eigenvalue weighted by atomic mass is 10.4. The molecule has 1 aromatic rings. The summed E-state index contributed by atoms with van der Waals surface area (Å²) in [5.41, 5.74) is 0.765. The molecule has 0 saturated carbocycles. The topological polar surface area (TPSA) is 72.0 Å². The maximum Gasteiger partial charge on any atom is 0.149 e. The van der Waals surface area contributed by atoms with Gasteiger partial charge in [-0.3, -0.25) is 4.98 Å². The molecule has 1 N–H and O–H groups in total. The predicted octanol–water partition coefficient (Wildman–Crippen LogP) is 0.242. The molecule has 0 amide bonds. The highest BCUT2D eigenvalue weighted by Gasteiger charge is 2.03. The highest BCUT2D eigenvalue weighted by atomic mass is 32.2. The Morgan fingerprint density at radius 1 is 1.36 bits per heavy atom. The Morgan fingerprint density at radius 2 is 2.00 bits per heavy atom. The summed E-state index contributed by atoms with van der Waals surface area (Å²) < 4.78 is 21.7. The van der Waals surface area contributed by atoms with E-state index in [0.717, 1.165) is 5.69 Å². The van der Waals surface area contributed by atoms with E-state index in [0.29, 0.717) is 12.4 Å². The SMILES string of the molecule is Cc1nccnc1NCCS(C)(=O)=O. The molecule has 1 aromatic heterocycles. The van der Waals surface area contributed by atoms with Gasteiger partial charge in [-0.2, -0.15) is 0 Å². The lowest BCUT2D eigenvalue weighted by molar-refractivity contribution is 0.602. The first-order valence-electron chi connectivity index (χ1n) is 4.18. The Kier molecular flexibility index (Phi) is 3.40. The summed E-state index contributed by atoms with van der Waals surface area (Å²) in [6.45, 7) is 2.17. The van der Waals surface area contributed by atoms with Crippen LogP contribution in [0.4, 0.5) is 5.82 Å². The number of rotatable bonds is 4. The molecular weight excluding hydrogens is 202 g/mol. The third-order valence-corrected chi connectivity index (χ3v) is 2.59. The van der Waals surface area contributed by atoms with Crippen LogP contribution in [0.25, 0.3) is 0 Å². The lowest BCUT2D eigenvalue weighted by Gasteiger charge is -2.05. The zero-order valence-electron chi connectivity index (χ0n) is 8.19. The normalized spacial score (nSPS) is 11.3. The highest BCUT2D eigenvalue weighted by molar-refractivity contribution is 7.90. The van der Waals surface area contributed by atoms with Crippen molar-refractivity contribution in [3.05, 3.63) is 18.1 Å². The van der Waals surface area contributed by atoms with E-state index in [1.54, 1.807) is 12.4 Å². The van der Waals surface area contributed by atoms with Crippen LogP contribution in [0.1, 0.15) is 5.69 Å². The van der Waals surface area contributed by atoms with Crippen molar-refractivity contribution in [2.45, 2.75) is 6.92 Å². The van der Waals surface area contributed by atoms with Crippen molar-refractivity contribution >= 4 is 15.7 Å². The van der Waals surface area contributed by atoms with E-state index < -0.39 is 9.84 Å². The third kappa shape index (κ3) is 3.69. The van der Waals surface area contributed by atoms with Gasteiger partial charge < -0.3 is 5.32 Å². The van der Waals surface area contributed by atoms with Gasteiger partial charge in [-0.1, -0.05) is 0 Å². The molecule has 0 unspecified atom stereocenters. The first-order valence-corrected chi connectivity index (χ1v) is 6.24. The Balaban J connectivity index is 2.51. The van der Waals surface area contributed by atoms with E-state index >= 15 is 0 Å². The number of anilines is 1. The van der Waals surface area contributed by atoms with Crippen LogP contribution in [-0.4, -0.2) is 36.9 Å². The molecule has 0 fully saturated rings. The molecule has 0 radical (unpaired) electrons. The molecule has 0 aliphatic carbocycles. The van der Waals surface area contributed by atoms with Gasteiger partial charge >= 0.3 is 0 Å². The number of hydrogen-bond acceptors (Lipinski definition) is 5. The highest BCUT2D eigenvalue weighted by Crippen LogP contribution is 2.04. The van der Waals surface area contributed by atoms with E-state index in [4.69, 9.17) is 0 Å². The molecule has 0 aliphatic rings. The van der Waals surface area contributed by atoms with Gasteiger partial charge in [0.2, 0.25) is 0 Å². The van der Waals surface area contributed by atoms with Gasteiger partial charge in [-0.05, 0) is 6.92 Å². The second-order valence-corrected chi connectivity index (χ2v) is 5.31. The minimum Gasteiger partial charge on any atom is -0.368 e. The van der Waals surface area contributed by atoms with Crippen molar-refractivity contribution in [1.82, 2.24) is 9.97 Å². The summed E-state index contributed by atoms with van der Waals surface area (Å²) in [4.78, 5) is 8.05. The quantitative estimate of drug-likeness (QED) is 0.779. The Bertz CT molecular complexity index is 403. The molecule has 0 bridgehead atoms. The first kappa shape index (κ1) is 10.9. The fourth-order valence-electron chi connectivity index (χ4n) is 0.936. The lowest BCUT2D eigenvalue weighted by Crippen LogP contribution is -2.15. The smallest absolute Gasteiger partial charge is 0.149 e. The Morgan fingerprint density at radius 3 is 2.57 bits per heavy atom. The fraction of sp³-hybridized carbons (Fsp3) is 0.500. The molecule has 0 saturated heterocycles. The number of aromatic nitrogens is 2. The summed E-state index contributed by atoms with van der Waals surface area (Å²) in [6, 6.07) is 0. The number of aryl methyl sites for hydroxylation is 1. The number of nitrogens with zero attached hydrogens (tertiary/aromatic N) is 2. The van der Waals surface area contributed by atoms with Crippen molar-refractivity contribution in [1.29, 1.82) is 0 Å². The Hall–Kier alpha value is -1.17. The van der Waals surface area contributed by atoms with Crippen LogP contribution in [0.15, 0.2) is 12.4 Å². The largest absolute Gasteiger partial charge is 0.368 e. The van der Waals surface area contributed by atoms with Crippen molar-refractivity contribution in [3.63, 3.8) is 0 Å². The van der Waals surface area contributed by atoms with Crippen LogP contribution in [0.5, 0.6) is 0 Å². The third-order valence-electron chi connectivity index (χ3n) is 1.65. The standard InChI is InChI=1S/C8H13N3O2S/c1-7-8(10-4-3-9-7)11-5-6-14(2,12)13/h3-4H,5-6H2,1-2H3,(H,10,11). The van der Waals surface area contributed by atoms with Crippen LogP contribution in [0.2, 0.25) is 0 Å². The van der Waals surface area contributed by atoms with E-state index in [1.165, 1.54) is 6.26 Å². The van der Waals surface area contributed by atoms with Crippen LogP contribution in [0, 0.1) is 6.92 Å². The first-order chi connectivity index (χ1) is 6.49. The molecule has 0 aromatic carbocycles. The van der Waals surface area contributed by atoms with Crippen molar-refractivity contribution < 1.29 is 8.42 Å². The summed E-state index contributed by atoms with van der Waals surface area (Å²) in [5, 5.41) is 2.92. The van der Waals surface area contributed by atoms with Gasteiger partial charge in [-0.25, -0.2) is 13.4 Å². The molecular formula is C8H13N3O2S. The van der Waals surface area contributed by atoms with Crippen LogP contribution >= 0.6 is 0 Å². The molecule has 5 nitrogen and oxygen atoms in total. The number of nitrogens with one attached hydrogen (secondary N) is 1. The van der Waals surface area contributed by atoms with E-state index in [-0.39, 0.29) is 5.75 Å². The van der Waals surface area contributed by atoms with Crippen LogP contribution in [-0.2, 0) is 9.84 Å². The van der Waals surface area contributed by atoms with E-state index in [2.05, 4.69) is 15.3 Å². The van der Waals surface area contributed by atoms with Gasteiger partial charge in [-0.15, -0.1) is 0 Å². The maximum absolute atomic E-state index is 10.8. The predicted molar refractivity (Wildman–Crippen MR) is 55.0 cm³/mol. The van der Waals surface area contributed by atoms with Crippen molar-refractivity contribution in [2.75, 3.05) is 23.9 Å². The molecule has 0 aliphatic heterocycles. The maximum atomic E-state index is 10.8. The summed E-state index contributed by atoms with van der Waals surface area (Å²) >= 11 is 0. The minimum absolute atomic E-state index is 0.100. The monoisotopic (exact) mass is 215 g/mol. The number of hydrogen-bond donors (Lipinski definition) is 1. The van der Waals surface area contributed by atoms with E-state index in [9.17, 15) is 8.42 Å². The molecule has 14 heavy (non-hydrogen) atoms. The van der Waals surface area contributed by atoms with Gasteiger partial charge in [0.15, 0.2) is 0 Å². The van der Waals surface area contributed by atoms with Gasteiger partial charge in [0.1, 0.15) is 15.7 Å². The van der Waals surface area contributed by atoms with Crippen LogP contribution in [0.3, 0.4) is 0 Å². The molecule has 1 rings (SSSR count). The average molecular weight is 215 g/mol. The summed E-state index contributed by atoms with van der Waals surface area (Å²) in [7, 11) is -2.92. The fourth-order valence-corrected chi connectivity index (χ4v) is 1.41. The van der Waals surface area contributed by atoms with Crippen molar-refractivity contribution in [2.24, 2.45) is 0 Å². The van der Waals surface area contributed by atoms with Gasteiger partial charge in [0, 0.05) is 25.2 Å². The minimum atomic E-state index is -2.92. The molecule has 0 atom stereocenters. The molecule has 78 valence electrons. The van der Waals surface area contributed by atoms with Crippen LogP contribution < -0.4 is 5.32 Å². The zero-order chi connectivity index (χ0) is 10.6.